The van der Waals surface area contributed by atoms with Crippen molar-refractivity contribution in [2.45, 2.75) is 63.2 Å². The molecule has 0 aromatic heterocycles. The van der Waals surface area contributed by atoms with E-state index in [-0.39, 0.29) is 18.4 Å². The van der Waals surface area contributed by atoms with Crippen LogP contribution in [-0.2, 0) is 23.1 Å². The summed E-state index contributed by atoms with van der Waals surface area (Å²) in [7, 11) is -3.34. The number of carbonyl (C=O) groups excluding carboxylic acids is 1. The average molecular weight is 347 g/mol. The topological polar surface area (TPSA) is 61.8 Å². The fraction of sp³-hybridized carbons (Fsp3) is 0.917. The van der Waals surface area contributed by atoms with E-state index in [0.29, 0.717) is 12.8 Å². The first kappa shape index (κ1) is 18.2. The van der Waals surface area contributed by atoms with Crippen LogP contribution < -0.4 is 0 Å². The number of carbonyl (C=O) groups is 1. The van der Waals surface area contributed by atoms with Gasteiger partial charge in [0.25, 0.3) is 0 Å². The minimum Gasteiger partial charge on any atom is -0.456 e. The number of esters is 1. The molecule has 5 nitrogen and oxygen atoms in total. The maximum atomic E-state index is 12.7. The van der Waals surface area contributed by atoms with Gasteiger partial charge in [0.1, 0.15) is 5.60 Å². The first-order valence-electron chi connectivity index (χ1n) is 6.54. The monoisotopic (exact) mass is 346 g/mol. The molecule has 1 aliphatic rings. The summed E-state index contributed by atoms with van der Waals surface area (Å²) in [6.07, 6.45) is 0.737. The summed E-state index contributed by atoms with van der Waals surface area (Å²) in [5, 5.41) is 0. The van der Waals surface area contributed by atoms with Gasteiger partial charge in [-0.25, -0.2) is 4.79 Å². The van der Waals surface area contributed by atoms with Gasteiger partial charge in [0.2, 0.25) is 4.84 Å². The molecule has 0 spiro atoms. The molecule has 0 N–H and O–H groups in total. The number of hydrogen-bond donors (Lipinski definition) is 0. The Morgan fingerprint density at radius 1 is 1.15 bits per heavy atom. The van der Waals surface area contributed by atoms with Crippen molar-refractivity contribution in [1.82, 2.24) is 0 Å². The lowest BCUT2D eigenvalue weighted by atomic mass is 10.4. The highest BCUT2D eigenvalue weighted by atomic mass is 35.5. The average Bonchev–Trinajstić information content (AvgIpc) is 2.93. The van der Waals surface area contributed by atoms with Crippen LogP contribution in [0.4, 0.5) is 0 Å². The van der Waals surface area contributed by atoms with E-state index in [0.717, 1.165) is 0 Å². The van der Waals surface area contributed by atoms with E-state index < -0.39 is 24.0 Å². The van der Waals surface area contributed by atoms with Crippen LogP contribution in [0.3, 0.4) is 0 Å². The molecule has 1 fully saturated rings. The summed E-state index contributed by atoms with van der Waals surface area (Å²) in [6.45, 7) is 7.09. The van der Waals surface area contributed by atoms with Crippen LogP contribution >= 0.6 is 30.8 Å². The standard InChI is InChI=1S/C12H21Cl2O5P/c1-8(2)18-20(16,19-9(3)4)7-12(5-6-12)17-11(15)10(13)14/h8-10H,5-7H2,1-4H3. The molecule has 1 rings (SSSR count). The molecule has 0 saturated heterocycles. The Hall–Kier alpha value is 0.200. The molecule has 0 aliphatic heterocycles. The zero-order valence-corrected chi connectivity index (χ0v) is 14.5. The molecule has 1 aliphatic carbocycles. The molecule has 20 heavy (non-hydrogen) atoms. The second-order valence-electron chi connectivity index (χ2n) is 5.48. The lowest BCUT2D eigenvalue weighted by molar-refractivity contribution is -0.147. The summed E-state index contributed by atoms with van der Waals surface area (Å²) < 4.78 is 28.9. The Labute approximate surface area is 129 Å². The van der Waals surface area contributed by atoms with Crippen molar-refractivity contribution < 1.29 is 23.1 Å². The second kappa shape index (κ2) is 6.97. The van der Waals surface area contributed by atoms with Crippen LogP contribution in [0.2, 0.25) is 0 Å². The first-order chi connectivity index (χ1) is 9.07. The van der Waals surface area contributed by atoms with Crippen LogP contribution in [-0.4, -0.2) is 34.8 Å². The molecule has 118 valence electrons. The molecule has 0 atom stereocenters. The Kier molecular flexibility index (Phi) is 6.36. The van der Waals surface area contributed by atoms with Gasteiger partial charge >= 0.3 is 13.6 Å². The molecule has 0 amide bonds. The summed E-state index contributed by atoms with van der Waals surface area (Å²) in [4.78, 5) is 10.2. The van der Waals surface area contributed by atoms with Crippen molar-refractivity contribution in [2.24, 2.45) is 0 Å². The van der Waals surface area contributed by atoms with Crippen molar-refractivity contribution in [3.05, 3.63) is 0 Å². The van der Waals surface area contributed by atoms with Crippen LogP contribution in [0.1, 0.15) is 40.5 Å². The summed E-state index contributed by atoms with van der Waals surface area (Å²) >= 11 is 10.9. The van der Waals surface area contributed by atoms with E-state index in [4.69, 9.17) is 37.0 Å². The molecule has 0 bridgehead atoms. The van der Waals surface area contributed by atoms with Gasteiger partial charge in [-0.15, -0.1) is 0 Å². The van der Waals surface area contributed by atoms with Gasteiger partial charge in [-0.05, 0) is 40.5 Å². The highest BCUT2D eigenvalue weighted by Gasteiger charge is 2.53. The zero-order valence-electron chi connectivity index (χ0n) is 12.1. The van der Waals surface area contributed by atoms with E-state index in [9.17, 15) is 9.36 Å². The first-order valence-corrected chi connectivity index (χ1v) is 9.14. The quantitative estimate of drug-likeness (QED) is 0.378. The smallest absolute Gasteiger partial charge is 0.340 e. The molecule has 8 heteroatoms. The molecular weight excluding hydrogens is 326 g/mol. The van der Waals surface area contributed by atoms with E-state index >= 15 is 0 Å². The fourth-order valence-electron chi connectivity index (χ4n) is 1.78. The zero-order chi connectivity index (χ0) is 15.6. The Morgan fingerprint density at radius 2 is 1.60 bits per heavy atom. The Morgan fingerprint density at radius 3 is 1.90 bits per heavy atom. The molecule has 0 radical (unpaired) electrons. The van der Waals surface area contributed by atoms with Gasteiger partial charge in [-0.3, -0.25) is 4.57 Å². The van der Waals surface area contributed by atoms with Gasteiger partial charge in [0.15, 0.2) is 0 Å². The summed E-state index contributed by atoms with van der Waals surface area (Å²) in [5.41, 5.74) is -0.821. The van der Waals surface area contributed by atoms with Crippen molar-refractivity contribution in [1.29, 1.82) is 0 Å². The third-order valence-electron chi connectivity index (χ3n) is 2.53. The van der Waals surface area contributed by atoms with Crippen molar-refractivity contribution >= 4 is 36.8 Å². The normalized spacial score (nSPS) is 17.9. The van der Waals surface area contributed by atoms with E-state index in [2.05, 4.69) is 0 Å². The van der Waals surface area contributed by atoms with E-state index in [1.54, 1.807) is 27.7 Å². The summed E-state index contributed by atoms with van der Waals surface area (Å²) in [5.74, 6) is -0.730. The minimum atomic E-state index is -3.34. The molecule has 0 aromatic rings. The molecule has 0 aromatic carbocycles. The van der Waals surface area contributed by atoms with Crippen LogP contribution in [0.15, 0.2) is 0 Å². The largest absolute Gasteiger partial charge is 0.456 e. The molecular formula is C12H21Cl2O5P. The maximum absolute atomic E-state index is 12.7. The lowest BCUT2D eigenvalue weighted by Crippen LogP contribution is -2.28. The van der Waals surface area contributed by atoms with Gasteiger partial charge in [-0.2, -0.15) is 0 Å². The molecule has 0 unspecified atom stereocenters. The SMILES string of the molecule is CC(C)OP(=O)(CC1(OC(=O)C(Cl)Cl)CC1)OC(C)C. The third kappa shape index (κ3) is 5.90. The highest BCUT2D eigenvalue weighted by Crippen LogP contribution is 2.58. The Bertz CT molecular complexity index is 379. The lowest BCUT2D eigenvalue weighted by Gasteiger charge is -2.26. The third-order valence-corrected chi connectivity index (χ3v) is 5.33. The number of rotatable bonds is 8. The maximum Gasteiger partial charge on any atom is 0.340 e. The number of alkyl halides is 2. The number of hydrogen-bond acceptors (Lipinski definition) is 5. The van der Waals surface area contributed by atoms with E-state index in [1.807, 2.05) is 0 Å². The van der Waals surface area contributed by atoms with Crippen LogP contribution in [0.25, 0.3) is 0 Å². The Balaban J connectivity index is 2.74. The van der Waals surface area contributed by atoms with Gasteiger partial charge in [0.05, 0.1) is 18.4 Å². The van der Waals surface area contributed by atoms with Crippen molar-refractivity contribution in [3.8, 4) is 0 Å². The van der Waals surface area contributed by atoms with Crippen LogP contribution in [0, 0.1) is 0 Å². The highest BCUT2D eigenvalue weighted by molar-refractivity contribution is 7.54. The predicted molar refractivity (Wildman–Crippen MR) is 78.5 cm³/mol. The van der Waals surface area contributed by atoms with Gasteiger partial charge in [-0.1, -0.05) is 23.2 Å². The fourth-order valence-corrected chi connectivity index (χ4v) is 4.44. The van der Waals surface area contributed by atoms with E-state index in [1.165, 1.54) is 0 Å². The predicted octanol–water partition coefficient (Wildman–Crippen LogP) is 3.91. The van der Waals surface area contributed by atoms with Gasteiger partial charge in [0, 0.05) is 0 Å². The second-order valence-corrected chi connectivity index (χ2v) is 8.54. The van der Waals surface area contributed by atoms with Gasteiger partial charge < -0.3 is 13.8 Å². The molecule has 0 heterocycles. The minimum absolute atomic E-state index is 0.0304. The summed E-state index contributed by atoms with van der Waals surface area (Å²) in [6, 6.07) is 0. The number of halogens is 2. The number of ether oxygens (including phenoxy) is 1. The van der Waals surface area contributed by atoms with Crippen LogP contribution in [0.5, 0.6) is 0 Å². The van der Waals surface area contributed by atoms with Crippen molar-refractivity contribution in [3.63, 3.8) is 0 Å². The molecule has 1 saturated carbocycles. The van der Waals surface area contributed by atoms with Crippen molar-refractivity contribution in [2.75, 3.05) is 6.16 Å².